The van der Waals surface area contributed by atoms with E-state index < -0.39 is 117 Å². The summed E-state index contributed by atoms with van der Waals surface area (Å²) in [5.74, 6) is -12.4. The van der Waals surface area contributed by atoms with Gasteiger partial charge in [0.2, 0.25) is 0 Å². The third-order valence-electron chi connectivity index (χ3n) is 15.1. The molecule has 2 bridgehead atoms. The summed E-state index contributed by atoms with van der Waals surface area (Å²) in [6.07, 6.45) is -8.20. The second-order valence-electron chi connectivity index (χ2n) is 20.7. The normalized spacial score (nSPS) is 24.1. The van der Waals surface area contributed by atoms with Crippen LogP contribution in [0.2, 0.25) is 0 Å². The molecule has 12 rings (SSSR count). The number of ether oxygens (including phenoxy) is 4. The Labute approximate surface area is 431 Å². The monoisotopic (exact) mass is 1030 g/mol. The second-order valence-corrected chi connectivity index (χ2v) is 20.7. The molecule has 5 heterocycles. The Balaban J connectivity index is 1.15. The minimum atomic E-state index is -2.34. The van der Waals surface area contributed by atoms with Gasteiger partial charge < -0.3 is 85.3 Å². The summed E-state index contributed by atoms with van der Waals surface area (Å²) in [7, 11) is 0. The molecule has 0 amide bonds. The van der Waals surface area contributed by atoms with E-state index in [-0.39, 0.29) is 78.5 Å². The Bertz CT molecular complexity index is 3720. The number of aliphatic hydroxyl groups is 3. The molecule has 4 aliphatic heterocycles. The van der Waals surface area contributed by atoms with E-state index in [2.05, 4.69) is 0 Å². The highest BCUT2D eigenvalue weighted by Gasteiger charge is 2.62. The molecular weight excluding hydrogens is 985 g/mol. The lowest BCUT2D eigenvalue weighted by Crippen LogP contribution is -2.57. The molecule has 0 aliphatic carbocycles. The quantitative estimate of drug-likeness (QED) is 0.0565. The Morgan fingerprint density at radius 1 is 0.461 bits per heavy atom. The van der Waals surface area contributed by atoms with Gasteiger partial charge in [-0.3, -0.25) is 0 Å². The average molecular weight is 1030 g/mol. The van der Waals surface area contributed by atoms with Crippen molar-refractivity contribution in [2.45, 2.75) is 74.8 Å². The fraction of sp³-hybridized carbons (Fsp3) is 0.224. The summed E-state index contributed by atoms with van der Waals surface area (Å²) in [5.41, 5.74) is -0.408. The lowest BCUT2D eigenvalue weighted by Gasteiger charge is -2.51. The number of phenolic OH excluding ortho intramolecular Hbond substituents is 10. The highest BCUT2D eigenvalue weighted by molar-refractivity contribution is 5.90. The molecule has 0 saturated carbocycles. The van der Waals surface area contributed by atoms with Crippen LogP contribution in [0.3, 0.4) is 0 Å². The predicted octanol–water partition coefficient (Wildman–Crippen LogP) is 8.82. The number of phenols is 10. The van der Waals surface area contributed by atoms with E-state index in [0.29, 0.717) is 11.3 Å². The minimum Gasteiger partial charge on any atom is -0.507 e. The van der Waals surface area contributed by atoms with E-state index in [1.807, 2.05) is 30.3 Å². The Hall–Kier alpha value is -8.97. The molecule has 8 aromatic rings. The predicted molar refractivity (Wildman–Crippen MR) is 268 cm³/mol. The molecule has 0 spiro atoms. The first-order valence-corrected chi connectivity index (χ1v) is 24.1. The molecule has 4 aliphatic rings. The van der Waals surface area contributed by atoms with Gasteiger partial charge in [0.25, 0.3) is 0 Å². The fourth-order valence-corrected chi connectivity index (χ4v) is 11.7. The van der Waals surface area contributed by atoms with Crippen molar-refractivity contribution in [2.24, 2.45) is 5.41 Å². The van der Waals surface area contributed by atoms with Crippen LogP contribution in [0.1, 0.15) is 95.2 Å². The largest absolute Gasteiger partial charge is 0.507 e. The Kier molecular flexibility index (Phi) is 10.6. The van der Waals surface area contributed by atoms with Crippen molar-refractivity contribution >= 4 is 11.0 Å². The number of aliphatic hydroxyl groups excluding tert-OH is 3. The highest BCUT2D eigenvalue weighted by Crippen LogP contribution is 2.67. The van der Waals surface area contributed by atoms with Gasteiger partial charge in [-0.05, 0) is 77.2 Å². The first-order valence-electron chi connectivity index (χ1n) is 24.1. The van der Waals surface area contributed by atoms with Gasteiger partial charge in [-0.2, -0.15) is 0 Å². The number of hydrogen-bond acceptors (Lipinski definition) is 17. The van der Waals surface area contributed by atoms with Gasteiger partial charge >= 0.3 is 17.1 Å². The maximum absolute atomic E-state index is 13.0. The zero-order valence-corrected chi connectivity index (χ0v) is 40.4. The van der Waals surface area contributed by atoms with E-state index >= 15 is 0 Å². The summed E-state index contributed by atoms with van der Waals surface area (Å²) in [6.45, 7) is 5.38. The molecule has 18 heteroatoms. The standard InChI is InChI=1S/C58H48O18/c1-57(2,3)48-44-35(66)20-34(65)41(54(44)74-52(50(48)70)25-10-14-29(60)32(63)18-25)46-42-37(68)22-40-45(55(42)73-51(49(46)69)24-9-13-28(59)31(62)17-24)47-43-36(67)21-39-27(12-16-38(72-39)23-7-5-4-6-8-23)53(43)76-58(75-40,56(47)71)26-11-15-30(61)33(64)19-26/h4-22,46-52,56,69-71H,1-3H3,(H9-,59,60,61,62,63,64,65,66,67,68)/p+1. The molecule has 76 heavy (non-hydrogen) atoms. The summed E-state index contributed by atoms with van der Waals surface area (Å²) < 4.78 is 33.4. The molecule has 0 fully saturated rings. The maximum Gasteiger partial charge on any atom is 0.368 e. The van der Waals surface area contributed by atoms with Crippen molar-refractivity contribution in [2.75, 3.05) is 0 Å². The minimum absolute atomic E-state index is 0.000234. The van der Waals surface area contributed by atoms with Gasteiger partial charge in [-0.15, -0.1) is 0 Å². The highest BCUT2D eigenvalue weighted by atomic mass is 16.7. The van der Waals surface area contributed by atoms with Crippen molar-refractivity contribution in [3.8, 4) is 91.8 Å². The molecular formula is C58H49O18+. The molecule has 9 unspecified atom stereocenters. The van der Waals surface area contributed by atoms with Crippen LogP contribution in [0.15, 0.2) is 120 Å². The third-order valence-corrected chi connectivity index (χ3v) is 15.1. The van der Waals surface area contributed by atoms with Crippen molar-refractivity contribution in [3.63, 3.8) is 0 Å². The average Bonchev–Trinajstić information content (AvgIpc) is 3.46. The van der Waals surface area contributed by atoms with E-state index in [0.717, 1.165) is 36.4 Å². The number of benzene rings is 7. The molecule has 7 aromatic carbocycles. The third kappa shape index (κ3) is 7.01. The van der Waals surface area contributed by atoms with Gasteiger partial charge in [-0.25, -0.2) is 4.42 Å². The Morgan fingerprint density at radius 2 is 1.00 bits per heavy atom. The fourth-order valence-electron chi connectivity index (χ4n) is 11.7. The summed E-state index contributed by atoms with van der Waals surface area (Å²) in [5, 5.41) is 151. The lowest BCUT2D eigenvalue weighted by molar-refractivity contribution is -0.218. The van der Waals surface area contributed by atoms with Crippen LogP contribution in [0.25, 0.3) is 22.3 Å². The van der Waals surface area contributed by atoms with E-state index in [9.17, 15) is 66.4 Å². The lowest BCUT2D eigenvalue weighted by atomic mass is 9.67. The molecule has 0 radical (unpaired) electrons. The molecule has 388 valence electrons. The summed E-state index contributed by atoms with van der Waals surface area (Å²) >= 11 is 0. The molecule has 0 saturated heterocycles. The van der Waals surface area contributed by atoms with Gasteiger partial charge in [0.1, 0.15) is 69.7 Å². The van der Waals surface area contributed by atoms with E-state index in [4.69, 9.17) is 23.4 Å². The number of rotatable bonds is 5. The van der Waals surface area contributed by atoms with Crippen molar-refractivity contribution in [1.29, 1.82) is 0 Å². The number of hydrogen-bond donors (Lipinski definition) is 13. The first-order chi connectivity index (χ1) is 36.2. The van der Waals surface area contributed by atoms with Crippen LogP contribution in [0.5, 0.6) is 80.5 Å². The van der Waals surface area contributed by atoms with E-state index in [1.54, 1.807) is 32.9 Å². The van der Waals surface area contributed by atoms with Crippen LogP contribution in [0, 0.1) is 5.41 Å². The van der Waals surface area contributed by atoms with Crippen LogP contribution in [-0.2, 0) is 5.79 Å². The molecule has 1 aromatic heterocycles. The Morgan fingerprint density at radius 3 is 1.61 bits per heavy atom. The number of fused-ring (bicyclic) bond motifs is 11. The van der Waals surface area contributed by atoms with Crippen LogP contribution in [0.4, 0.5) is 0 Å². The number of aromatic hydroxyl groups is 10. The van der Waals surface area contributed by atoms with Crippen molar-refractivity contribution < 1.29 is 89.7 Å². The van der Waals surface area contributed by atoms with Crippen LogP contribution < -0.4 is 18.9 Å². The zero-order valence-electron chi connectivity index (χ0n) is 40.4. The van der Waals surface area contributed by atoms with Crippen LogP contribution in [-0.4, -0.2) is 84.7 Å². The van der Waals surface area contributed by atoms with Crippen molar-refractivity contribution in [1.82, 2.24) is 0 Å². The van der Waals surface area contributed by atoms with E-state index in [1.165, 1.54) is 36.4 Å². The van der Waals surface area contributed by atoms with Gasteiger partial charge in [-0.1, -0.05) is 51.1 Å². The SMILES string of the molecule is CC(C)(C)C1c2c(O)cc(O)c(C3c4c(O)cc5c(c4OC(c4ccc(O)c(O)c4)C3O)C3c4c(O)cc6[o+]c(-c7ccccc7)ccc6c4OC(c4ccc(O)c(O)c4)(O5)C3O)c2OC(c2ccc(O)c(O)c2)C1O. The second kappa shape index (κ2) is 16.8. The molecule has 9 atom stereocenters. The smallest absolute Gasteiger partial charge is 0.368 e. The van der Waals surface area contributed by atoms with Gasteiger partial charge in [0.05, 0.1) is 23.5 Å². The maximum atomic E-state index is 13.0. The topological polar surface area (TPSA) is 311 Å². The van der Waals surface area contributed by atoms with Crippen LogP contribution >= 0.6 is 0 Å². The molecule has 18 nitrogen and oxygen atoms in total. The van der Waals surface area contributed by atoms with Gasteiger partial charge in [0.15, 0.2) is 46.7 Å². The zero-order chi connectivity index (χ0) is 53.6. The van der Waals surface area contributed by atoms with Gasteiger partial charge in [0, 0.05) is 57.5 Å². The first kappa shape index (κ1) is 48.0. The molecule has 13 N–H and O–H groups in total. The summed E-state index contributed by atoms with van der Waals surface area (Å²) in [4.78, 5) is 0. The van der Waals surface area contributed by atoms with Crippen molar-refractivity contribution in [3.05, 3.63) is 160 Å². The summed E-state index contributed by atoms with van der Waals surface area (Å²) in [6, 6.07) is 27.1.